The van der Waals surface area contributed by atoms with Crippen molar-refractivity contribution >= 4 is 37.5 Å². The van der Waals surface area contributed by atoms with Crippen molar-refractivity contribution in [1.82, 2.24) is 5.32 Å². The minimum atomic E-state index is -3.54. The predicted molar refractivity (Wildman–Crippen MR) is 73.4 cm³/mol. The second kappa shape index (κ2) is 6.31. The van der Waals surface area contributed by atoms with Crippen molar-refractivity contribution in [3.8, 4) is 0 Å². The topological polar surface area (TPSA) is 115 Å². The first kappa shape index (κ1) is 15.9. The maximum absolute atomic E-state index is 13.1. The van der Waals surface area contributed by atoms with Gasteiger partial charge in [0.2, 0.25) is 10.0 Å². The average Bonchev–Trinajstić information content (AvgIpc) is 2.28. The van der Waals surface area contributed by atoms with Crippen LogP contribution >= 0.6 is 15.9 Å². The molecule has 0 aliphatic carbocycles. The molecular formula is C10H13BrFN3O3S. The summed E-state index contributed by atoms with van der Waals surface area (Å²) in [7, 11) is -3.54. The number of amides is 1. The molecule has 1 rings (SSSR count). The minimum Gasteiger partial charge on any atom is -0.396 e. The summed E-state index contributed by atoms with van der Waals surface area (Å²) in [6, 6.07) is 2.29. The first-order valence-corrected chi connectivity index (χ1v) is 7.75. The Balaban J connectivity index is 2.62. The zero-order valence-corrected chi connectivity index (χ0v) is 12.2. The molecule has 0 bridgehead atoms. The smallest absolute Gasteiger partial charge is 0.252 e. The molecule has 0 fully saturated rings. The second-order valence-corrected chi connectivity index (χ2v) is 6.42. The summed E-state index contributed by atoms with van der Waals surface area (Å²) in [6.07, 6.45) is 0.193. The molecule has 0 unspecified atom stereocenters. The van der Waals surface area contributed by atoms with Gasteiger partial charge < -0.3 is 11.1 Å². The van der Waals surface area contributed by atoms with E-state index in [1.165, 1.54) is 6.07 Å². The largest absolute Gasteiger partial charge is 0.396 e. The number of anilines is 1. The van der Waals surface area contributed by atoms with Crippen LogP contribution in [-0.4, -0.2) is 26.6 Å². The summed E-state index contributed by atoms with van der Waals surface area (Å²) in [5.41, 5.74) is 5.40. The fourth-order valence-corrected chi connectivity index (χ4v) is 2.35. The summed E-state index contributed by atoms with van der Waals surface area (Å²) in [6.45, 7) is 0.138. The van der Waals surface area contributed by atoms with Crippen LogP contribution in [0, 0.1) is 5.82 Å². The third-order valence-corrected chi connectivity index (χ3v) is 3.74. The van der Waals surface area contributed by atoms with Crippen LogP contribution < -0.4 is 16.2 Å². The lowest BCUT2D eigenvalue weighted by molar-refractivity contribution is 0.0953. The highest BCUT2D eigenvalue weighted by Crippen LogP contribution is 2.22. The lowest BCUT2D eigenvalue weighted by Gasteiger charge is -2.08. The van der Waals surface area contributed by atoms with E-state index in [2.05, 4.69) is 21.2 Å². The summed E-state index contributed by atoms with van der Waals surface area (Å²) in [5.74, 6) is -1.33. The van der Waals surface area contributed by atoms with Gasteiger partial charge in [0.15, 0.2) is 0 Å². The van der Waals surface area contributed by atoms with Gasteiger partial charge in [-0.15, -0.1) is 0 Å². The second-order valence-electron chi connectivity index (χ2n) is 3.83. The lowest BCUT2D eigenvalue weighted by atomic mass is 10.2. The van der Waals surface area contributed by atoms with Crippen LogP contribution in [0.1, 0.15) is 16.8 Å². The Morgan fingerprint density at radius 3 is 2.63 bits per heavy atom. The van der Waals surface area contributed by atoms with Crippen molar-refractivity contribution in [1.29, 1.82) is 0 Å². The SMILES string of the molecule is Nc1cc(C(=O)NCCCS(N)(=O)=O)c(Br)cc1F. The van der Waals surface area contributed by atoms with Crippen molar-refractivity contribution in [3.05, 3.63) is 28.0 Å². The van der Waals surface area contributed by atoms with Crippen LogP contribution in [0.5, 0.6) is 0 Å². The summed E-state index contributed by atoms with van der Waals surface area (Å²) >= 11 is 3.05. The van der Waals surface area contributed by atoms with Gasteiger partial charge in [-0.2, -0.15) is 0 Å². The first-order chi connectivity index (χ1) is 8.70. The summed E-state index contributed by atoms with van der Waals surface area (Å²) in [5, 5.41) is 7.31. The van der Waals surface area contributed by atoms with Gasteiger partial charge in [-0.25, -0.2) is 17.9 Å². The Kier molecular flexibility index (Phi) is 5.27. The van der Waals surface area contributed by atoms with Crippen molar-refractivity contribution in [2.75, 3.05) is 18.0 Å². The molecule has 0 heterocycles. The fraction of sp³-hybridized carbons (Fsp3) is 0.300. The van der Waals surface area contributed by atoms with Crippen LogP contribution in [0.4, 0.5) is 10.1 Å². The van der Waals surface area contributed by atoms with Crippen molar-refractivity contribution in [2.24, 2.45) is 5.14 Å². The third kappa shape index (κ3) is 5.13. The molecule has 1 amide bonds. The molecule has 0 aromatic heterocycles. The maximum Gasteiger partial charge on any atom is 0.252 e. The normalized spacial score (nSPS) is 11.3. The minimum absolute atomic E-state index is 0.138. The number of primary sulfonamides is 1. The van der Waals surface area contributed by atoms with Crippen LogP contribution in [0.15, 0.2) is 16.6 Å². The van der Waals surface area contributed by atoms with Crippen LogP contribution in [0.25, 0.3) is 0 Å². The van der Waals surface area contributed by atoms with Gasteiger partial charge in [-0.1, -0.05) is 0 Å². The zero-order chi connectivity index (χ0) is 14.6. The Labute approximate surface area is 118 Å². The van der Waals surface area contributed by atoms with E-state index in [9.17, 15) is 17.6 Å². The first-order valence-electron chi connectivity index (χ1n) is 5.24. The number of carbonyl (C=O) groups is 1. The Hall–Kier alpha value is -1.19. The lowest BCUT2D eigenvalue weighted by Crippen LogP contribution is -2.27. The molecule has 0 spiro atoms. The molecule has 19 heavy (non-hydrogen) atoms. The van der Waals surface area contributed by atoms with Gasteiger partial charge in [-0.3, -0.25) is 4.79 Å². The highest BCUT2D eigenvalue weighted by molar-refractivity contribution is 9.10. The standard InChI is InChI=1S/C10H13BrFN3O3S/c11-7-5-8(12)9(13)4-6(7)10(16)15-2-1-3-19(14,17)18/h4-5H,1-3,13H2,(H,15,16)(H2,14,17,18). The maximum atomic E-state index is 13.1. The van der Waals surface area contributed by atoms with Crippen LogP contribution in [-0.2, 0) is 10.0 Å². The zero-order valence-electron chi connectivity index (χ0n) is 9.82. The Morgan fingerprint density at radius 2 is 2.05 bits per heavy atom. The monoisotopic (exact) mass is 353 g/mol. The number of nitrogen functional groups attached to an aromatic ring is 1. The van der Waals surface area contributed by atoms with Crippen molar-refractivity contribution < 1.29 is 17.6 Å². The van der Waals surface area contributed by atoms with Crippen molar-refractivity contribution in [3.63, 3.8) is 0 Å². The molecule has 0 aliphatic rings. The molecule has 6 nitrogen and oxygen atoms in total. The molecule has 9 heteroatoms. The molecule has 5 N–H and O–H groups in total. The van der Waals surface area contributed by atoms with E-state index < -0.39 is 21.7 Å². The van der Waals surface area contributed by atoms with Gasteiger partial charge in [0.1, 0.15) is 5.82 Å². The van der Waals surface area contributed by atoms with Gasteiger partial charge in [0.05, 0.1) is 17.0 Å². The molecule has 0 saturated heterocycles. The average molecular weight is 354 g/mol. The molecular weight excluding hydrogens is 341 g/mol. The quantitative estimate of drug-likeness (QED) is 0.530. The molecule has 0 radical (unpaired) electrons. The molecule has 0 aliphatic heterocycles. The number of benzene rings is 1. The van der Waals surface area contributed by atoms with E-state index >= 15 is 0 Å². The molecule has 0 saturated carbocycles. The molecule has 106 valence electrons. The fourth-order valence-electron chi connectivity index (χ4n) is 1.31. The number of carbonyl (C=O) groups excluding carboxylic acids is 1. The van der Waals surface area contributed by atoms with E-state index in [0.29, 0.717) is 0 Å². The number of nitrogens with two attached hydrogens (primary N) is 2. The highest BCUT2D eigenvalue weighted by atomic mass is 79.9. The number of hydrogen-bond donors (Lipinski definition) is 3. The van der Waals surface area contributed by atoms with Crippen LogP contribution in [0.3, 0.4) is 0 Å². The van der Waals surface area contributed by atoms with Gasteiger partial charge in [-0.05, 0) is 34.5 Å². The Morgan fingerprint density at radius 1 is 1.42 bits per heavy atom. The number of sulfonamides is 1. The number of halogens is 2. The number of nitrogens with one attached hydrogen (secondary N) is 1. The summed E-state index contributed by atoms with van der Waals surface area (Å²) in [4.78, 5) is 11.8. The van der Waals surface area contributed by atoms with E-state index in [4.69, 9.17) is 10.9 Å². The third-order valence-electron chi connectivity index (χ3n) is 2.22. The van der Waals surface area contributed by atoms with Crippen molar-refractivity contribution in [2.45, 2.75) is 6.42 Å². The van der Waals surface area contributed by atoms with Crippen LogP contribution in [0.2, 0.25) is 0 Å². The molecule has 1 aromatic carbocycles. The summed E-state index contributed by atoms with van der Waals surface area (Å²) < 4.78 is 34.7. The number of rotatable bonds is 5. The van der Waals surface area contributed by atoms with E-state index in [0.717, 1.165) is 6.07 Å². The Bertz CT molecular complexity index is 592. The van der Waals surface area contributed by atoms with E-state index in [-0.39, 0.29) is 34.4 Å². The predicted octanol–water partition coefficient (Wildman–Crippen LogP) is 0.579. The number of hydrogen-bond acceptors (Lipinski definition) is 4. The van der Waals surface area contributed by atoms with Gasteiger partial charge >= 0.3 is 0 Å². The van der Waals surface area contributed by atoms with E-state index in [1.807, 2.05) is 0 Å². The van der Waals surface area contributed by atoms with Gasteiger partial charge in [0.25, 0.3) is 5.91 Å². The molecule has 1 aromatic rings. The van der Waals surface area contributed by atoms with E-state index in [1.54, 1.807) is 0 Å². The highest BCUT2D eigenvalue weighted by Gasteiger charge is 2.13. The molecule has 0 atom stereocenters. The van der Waals surface area contributed by atoms with Gasteiger partial charge in [0, 0.05) is 11.0 Å².